The van der Waals surface area contributed by atoms with Crippen molar-refractivity contribution in [3.05, 3.63) is 30.3 Å². The third kappa shape index (κ3) is 2.68. The highest BCUT2D eigenvalue weighted by Crippen LogP contribution is 2.29. The van der Waals surface area contributed by atoms with E-state index in [1.54, 1.807) is 0 Å². The second-order valence-corrected chi connectivity index (χ2v) is 6.49. The summed E-state index contributed by atoms with van der Waals surface area (Å²) >= 11 is 0. The van der Waals surface area contributed by atoms with Crippen molar-refractivity contribution >= 4 is 31.0 Å². The lowest BCUT2D eigenvalue weighted by molar-refractivity contribution is 0.470. The lowest BCUT2D eigenvalue weighted by Crippen LogP contribution is -2.00. The lowest BCUT2D eigenvalue weighted by Gasteiger charge is -2.05. The molecular weight excluding hydrogens is 296 g/mol. The van der Waals surface area contributed by atoms with Crippen molar-refractivity contribution in [1.82, 2.24) is 0 Å². The van der Waals surface area contributed by atoms with Gasteiger partial charge in [-0.05, 0) is 17.5 Å². The largest absolute Gasteiger partial charge is 0.507 e. The maximum atomic E-state index is 11.0. The van der Waals surface area contributed by atoms with Crippen molar-refractivity contribution in [1.29, 1.82) is 0 Å². The van der Waals surface area contributed by atoms with Gasteiger partial charge in [0.15, 0.2) is 0 Å². The van der Waals surface area contributed by atoms with Gasteiger partial charge in [0.25, 0.3) is 20.2 Å². The minimum absolute atomic E-state index is 0.0949. The van der Waals surface area contributed by atoms with Crippen LogP contribution in [0.15, 0.2) is 34.1 Å². The van der Waals surface area contributed by atoms with Crippen LogP contribution in [-0.2, 0) is 20.2 Å². The highest BCUT2D eigenvalue weighted by molar-refractivity contribution is 7.86. The number of hydrogen-bond donors (Lipinski definition) is 3. The van der Waals surface area contributed by atoms with Crippen LogP contribution in [0.3, 0.4) is 0 Å². The molecule has 9 heteroatoms. The SMILES string of the molecule is O=S(=O)(O)c1[c]c2c(O)cc(S(=O)(=O)O)cc2cc1. The molecule has 0 saturated heterocycles. The zero-order valence-electron chi connectivity index (χ0n) is 9.10. The Morgan fingerprint density at radius 3 is 2.11 bits per heavy atom. The van der Waals surface area contributed by atoms with Gasteiger partial charge in [-0.2, -0.15) is 16.8 Å². The maximum Gasteiger partial charge on any atom is 0.295 e. The lowest BCUT2D eigenvalue weighted by atomic mass is 10.1. The van der Waals surface area contributed by atoms with E-state index in [4.69, 9.17) is 9.11 Å². The molecule has 7 nitrogen and oxygen atoms in total. The normalized spacial score (nSPS) is 12.7. The average Bonchev–Trinajstić information content (AvgIpc) is 2.26. The first-order chi connectivity index (χ1) is 8.59. The van der Waals surface area contributed by atoms with Gasteiger partial charge < -0.3 is 5.11 Å². The number of phenols is 1. The third-order valence-electron chi connectivity index (χ3n) is 2.36. The third-order valence-corrected chi connectivity index (χ3v) is 3.99. The second kappa shape index (κ2) is 4.17. The Kier molecular flexibility index (Phi) is 3.01. The molecule has 0 heterocycles. The summed E-state index contributed by atoms with van der Waals surface area (Å²) in [6, 6.07) is 6.20. The topological polar surface area (TPSA) is 129 Å². The first-order valence-electron chi connectivity index (χ1n) is 4.73. The van der Waals surface area contributed by atoms with Crippen LogP contribution in [0.2, 0.25) is 0 Å². The number of fused-ring (bicyclic) bond motifs is 1. The smallest absolute Gasteiger partial charge is 0.295 e. The maximum absolute atomic E-state index is 11.0. The molecule has 0 aliphatic rings. The van der Waals surface area contributed by atoms with E-state index >= 15 is 0 Å². The van der Waals surface area contributed by atoms with Gasteiger partial charge in [0.05, 0.1) is 4.90 Å². The zero-order chi connectivity index (χ0) is 14.4. The fourth-order valence-corrected chi connectivity index (χ4v) is 2.53. The quantitative estimate of drug-likeness (QED) is 0.701. The summed E-state index contributed by atoms with van der Waals surface area (Å²) in [5, 5.41) is 9.67. The summed E-state index contributed by atoms with van der Waals surface area (Å²) < 4.78 is 61.5. The van der Waals surface area contributed by atoms with Gasteiger partial charge in [0.1, 0.15) is 10.6 Å². The van der Waals surface area contributed by atoms with Crippen LogP contribution in [0.4, 0.5) is 0 Å². The molecule has 1 radical (unpaired) electrons. The van der Waals surface area contributed by atoms with Crippen LogP contribution in [0.1, 0.15) is 0 Å². The van der Waals surface area contributed by atoms with Crippen molar-refractivity contribution in [3.63, 3.8) is 0 Å². The van der Waals surface area contributed by atoms with Gasteiger partial charge in [0, 0.05) is 17.5 Å². The Morgan fingerprint density at radius 2 is 1.58 bits per heavy atom. The molecule has 3 N–H and O–H groups in total. The average molecular weight is 303 g/mol. The molecule has 0 fully saturated rings. The van der Waals surface area contributed by atoms with E-state index in [1.807, 2.05) is 0 Å². The highest BCUT2D eigenvalue weighted by Gasteiger charge is 2.16. The molecular formula is C10H7O7S2. The van der Waals surface area contributed by atoms with Crippen molar-refractivity contribution in [2.24, 2.45) is 0 Å². The Balaban J connectivity index is 2.82. The van der Waals surface area contributed by atoms with Crippen molar-refractivity contribution in [3.8, 4) is 5.75 Å². The van der Waals surface area contributed by atoms with Gasteiger partial charge in [0.2, 0.25) is 0 Å². The molecule has 2 aromatic rings. The fraction of sp³-hybridized carbons (Fsp3) is 0. The van der Waals surface area contributed by atoms with Gasteiger partial charge >= 0.3 is 0 Å². The summed E-state index contributed by atoms with van der Waals surface area (Å²) in [7, 11) is -8.98. The summed E-state index contributed by atoms with van der Waals surface area (Å²) in [6.45, 7) is 0. The number of phenolic OH excluding ortho intramolecular Hbond substituents is 1. The molecule has 0 bridgehead atoms. The number of hydrogen-bond acceptors (Lipinski definition) is 5. The Bertz CT molecular complexity index is 866. The minimum Gasteiger partial charge on any atom is -0.507 e. The molecule has 0 aromatic heterocycles. The summed E-state index contributed by atoms with van der Waals surface area (Å²) in [5.41, 5.74) is 0. The van der Waals surface area contributed by atoms with Gasteiger partial charge in [-0.3, -0.25) is 9.11 Å². The highest BCUT2D eigenvalue weighted by atomic mass is 32.2. The Morgan fingerprint density at radius 1 is 0.947 bits per heavy atom. The summed E-state index contributed by atoms with van der Waals surface area (Å²) in [4.78, 5) is -1.10. The van der Waals surface area contributed by atoms with E-state index in [1.165, 1.54) is 6.07 Å². The van der Waals surface area contributed by atoms with E-state index in [2.05, 4.69) is 6.07 Å². The van der Waals surface area contributed by atoms with Crippen LogP contribution in [0, 0.1) is 6.07 Å². The van der Waals surface area contributed by atoms with E-state index in [0.717, 1.165) is 18.2 Å². The predicted molar refractivity (Wildman–Crippen MR) is 64.1 cm³/mol. The molecule has 101 valence electrons. The Hall–Kier alpha value is -1.68. The van der Waals surface area contributed by atoms with Crippen LogP contribution in [0.25, 0.3) is 10.8 Å². The van der Waals surface area contributed by atoms with E-state index in [-0.39, 0.29) is 10.8 Å². The first-order valence-corrected chi connectivity index (χ1v) is 7.61. The van der Waals surface area contributed by atoms with E-state index in [9.17, 15) is 21.9 Å². The van der Waals surface area contributed by atoms with Crippen molar-refractivity contribution in [2.75, 3.05) is 0 Å². The minimum atomic E-state index is -4.50. The molecule has 0 saturated carbocycles. The fourth-order valence-electron chi connectivity index (χ4n) is 1.52. The molecule has 2 aromatic carbocycles. The number of benzene rings is 2. The second-order valence-electron chi connectivity index (χ2n) is 3.68. The number of aromatic hydroxyl groups is 1. The zero-order valence-corrected chi connectivity index (χ0v) is 10.7. The van der Waals surface area contributed by atoms with Gasteiger partial charge in [-0.25, -0.2) is 0 Å². The van der Waals surface area contributed by atoms with Crippen molar-refractivity contribution in [2.45, 2.75) is 9.79 Å². The molecule has 0 aliphatic carbocycles. The molecule has 19 heavy (non-hydrogen) atoms. The van der Waals surface area contributed by atoms with Crippen LogP contribution in [-0.4, -0.2) is 31.0 Å². The van der Waals surface area contributed by atoms with Crippen LogP contribution in [0.5, 0.6) is 5.75 Å². The van der Waals surface area contributed by atoms with E-state index in [0.29, 0.717) is 0 Å². The van der Waals surface area contributed by atoms with Crippen molar-refractivity contribution < 1.29 is 31.0 Å². The van der Waals surface area contributed by atoms with Gasteiger partial charge in [-0.15, -0.1) is 0 Å². The molecule has 0 aliphatic heterocycles. The van der Waals surface area contributed by atoms with Crippen LogP contribution >= 0.6 is 0 Å². The standard InChI is InChI=1S/C10H7O7S2/c11-10-5-8(19(15,16)17)3-6-1-2-7(4-9(6)10)18(12,13)14/h1-3,5,11H,(H,12,13,14)(H,15,16,17). The first kappa shape index (κ1) is 13.7. The summed E-state index contributed by atoms with van der Waals surface area (Å²) in [5.74, 6) is -0.587. The Labute approximate surface area is 108 Å². The van der Waals surface area contributed by atoms with Crippen LogP contribution < -0.4 is 0 Å². The molecule has 0 amide bonds. The monoisotopic (exact) mass is 303 g/mol. The molecule has 0 spiro atoms. The molecule has 0 atom stereocenters. The van der Waals surface area contributed by atoms with Gasteiger partial charge in [-0.1, -0.05) is 6.07 Å². The molecule has 0 unspecified atom stereocenters. The summed E-state index contributed by atoms with van der Waals surface area (Å²) in [6.07, 6.45) is 0. The number of rotatable bonds is 2. The molecule has 2 rings (SSSR count). The van der Waals surface area contributed by atoms with E-state index < -0.39 is 35.8 Å². The predicted octanol–water partition coefficient (Wildman–Crippen LogP) is 0.839.